The molecule has 1 aliphatic rings. The topological polar surface area (TPSA) is 49.6 Å². The van der Waals surface area contributed by atoms with Gasteiger partial charge in [0.1, 0.15) is 0 Å². The lowest BCUT2D eigenvalue weighted by Crippen LogP contribution is -2.40. The van der Waals surface area contributed by atoms with Crippen LogP contribution in [0.15, 0.2) is 30.3 Å². The van der Waals surface area contributed by atoms with Crippen molar-refractivity contribution >= 4 is 5.91 Å². The molecule has 2 rings (SSSR count). The highest BCUT2D eigenvalue weighted by atomic mass is 16.2. The molecule has 2 atom stereocenters. The second kappa shape index (κ2) is 6.86. The summed E-state index contributed by atoms with van der Waals surface area (Å²) < 4.78 is 0. The van der Waals surface area contributed by atoms with Crippen molar-refractivity contribution in [2.75, 3.05) is 26.2 Å². The summed E-state index contributed by atoms with van der Waals surface area (Å²) >= 11 is 0. The third-order valence-corrected chi connectivity index (χ3v) is 4.06. The number of likely N-dealkylation sites (tertiary alicyclic amines) is 1. The number of hydrogen-bond acceptors (Lipinski definition) is 3. The van der Waals surface area contributed by atoms with E-state index in [4.69, 9.17) is 5.73 Å². The van der Waals surface area contributed by atoms with Crippen LogP contribution in [-0.4, -0.2) is 47.9 Å². The number of carbonyl (C=O) groups is 1. The van der Waals surface area contributed by atoms with Crippen molar-refractivity contribution in [1.29, 1.82) is 0 Å². The highest BCUT2D eigenvalue weighted by Crippen LogP contribution is 2.14. The molecule has 1 amide bonds. The van der Waals surface area contributed by atoms with Gasteiger partial charge in [0.2, 0.25) is 5.91 Å². The van der Waals surface area contributed by atoms with Gasteiger partial charge in [-0.3, -0.25) is 9.69 Å². The van der Waals surface area contributed by atoms with Crippen molar-refractivity contribution < 1.29 is 4.79 Å². The Kier molecular flexibility index (Phi) is 5.15. The predicted octanol–water partition coefficient (Wildman–Crippen LogP) is 1.31. The van der Waals surface area contributed by atoms with E-state index in [9.17, 15) is 4.79 Å². The minimum atomic E-state index is 0.192. The number of carbonyl (C=O) groups excluding carboxylic acids is 1. The first-order valence-electron chi connectivity index (χ1n) is 7.39. The molecule has 0 aliphatic carbocycles. The van der Waals surface area contributed by atoms with E-state index in [1.807, 2.05) is 30.0 Å². The molecular weight excluding hydrogens is 250 g/mol. The number of nitrogens with two attached hydrogens (primary N) is 1. The van der Waals surface area contributed by atoms with E-state index in [1.165, 1.54) is 5.56 Å². The van der Waals surface area contributed by atoms with Gasteiger partial charge in [-0.2, -0.15) is 0 Å². The highest BCUT2D eigenvalue weighted by molar-refractivity contribution is 5.78. The summed E-state index contributed by atoms with van der Waals surface area (Å²) in [5, 5.41) is 0. The van der Waals surface area contributed by atoms with Crippen molar-refractivity contribution in [2.24, 2.45) is 11.7 Å². The SMILES string of the molecule is CCN(Cc1ccccc1)C(=O)CN1CC(C)C(N)C1. The highest BCUT2D eigenvalue weighted by Gasteiger charge is 2.28. The fourth-order valence-corrected chi connectivity index (χ4v) is 2.70. The van der Waals surface area contributed by atoms with E-state index in [2.05, 4.69) is 24.0 Å². The number of rotatable bonds is 5. The van der Waals surface area contributed by atoms with Gasteiger partial charge in [0.05, 0.1) is 6.54 Å². The van der Waals surface area contributed by atoms with Crippen molar-refractivity contribution in [2.45, 2.75) is 26.4 Å². The van der Waals surface area contributed by atoms with Gasteiger partial charge in [-0.05, 0) is 18.4 Å². The fourth-order valence-electron chi connectivity index (χ4n) is 2.70. The third-order valence-electron chi connectivity index (χ3n) is 4.06. The summed E-state index contributed by atoms with van der Waals surface area (Å²) in [6.07, 6.45) is 0. The quantitative estimate of drug-likeness (QED) is 0.881. The molecule has 1 aromatic carbocycles. The maximum absolute atomic E-state index is 12.4. The molecule has 2 unspecified atom stereocenters. The minimum Gasteiger partial charge on any atom is -0.338 e. The molecule has 0 aromatic heterocycles. The summed E-state index contributed by atoms with van der Waals surface area (Å²) in [6, 6.07) is 10.3. The number of amides is 1. The molecule has 0 saturated carbocycles. The van der Waals surface area contributed by atoms with Gasteiger partial charge in [0, 0.05) is 32.2 Å². The van der Waals surface area contributed by atoms with Crippen molar-refractivity contribution in [3.05, 3.63) is 35.9 Å². The first-order valence-corrected chi connectivity index (χ1v) is 7.39. The molecule has 1 fully saturated rings. The van der Waals surface area contributed by atoms with Crippen LogP contribution in [0.25, 0.3) is 0 Å². The summed E-state index contributed by atoms with van der Waals surface area (Å²) in [6.45, 7) is 7.84. The minimum absolute atomic E-state index is 0.192. The van der Waals surface area contributed by atoms with E-state index < -0.39 is 0 Å². The van der Waals surface area contributed by atoms with Crippen molar-refractivity contribution in [3.8, 4) is 0 Å². The summed E-state index contributed by atoms with van der Waals surface area (Å²) in [5.41, 5.74) is 7.19. The Balaban J connectivity index is 1.89. The van der Waals surface area contributed by atoms with Crippen LogP contribution in [0, 0.1) is 5.92 Å². The van der Waals surface area contributed by atoms with Crippen LogP contribution in [0.4, 0.5) is 0 Å². The Bertz CT molecular complexity index is 425. The average Bonchev–Trinajstić information content (AvgIpc) is 2.75. The second-order valence-electron chi connectivity index (χ2n) is 5.73. The van der Waals surface area contributed by atoms with Crippen LogP contribution in [0.2, 0.25) is 0 Å². The molecule has 110 valence electrons. The Labute approximate surface area is 121 Å². The zero-order valence-electron chi connectivity index (χ0n) is 12.5. The smallest absolute Gasteiger partial charge is 0.237 e. The van der Waals surface area contributed by atoms with Gasteiger partial charge in [-0.15, -0.1) is 0 Å². The van der Waals surface area contributed by atoms with Gasteiger partial charge in [0.25, 0.3) is 0 Å². The van der Waals surface area contributed by atoms with E-state index in [1.54, 1.807) is 0 Å². The van der Waals surface area contributed by atoms with E-state index >= 15 is 0 Å². The van der Waals surface area contributed by atoms with Crippen LogP contribution in [0.5, 0.6) is 0 Å². The van der Waals surface area contributed by atoms with Gasteiger partial charge in [-0.1, -0.05) is 37.3 Å². The number of hydrogen-bond donors (Lipinski definition) is 1. The Hall–Kier alpha value is -1.39. The lowest BCUT2D eigenvalue weighted by molar-refractivity contribution is -0.132. The van der Waals surface area contributed by atoms with Gasteiger partial charge in [0.15, 0.2) is 0 Å². The molecule has 1 aliphatic heterocycles. The number of likely N-dealkylation sites (N-methyl/N-ethyl adjacent to an activating group) is 1. The van der Waals surface area contributed by atoms with Crippen molar-refractivity contribution in [3.63, 3.8) is 0 Å². The number of nitrogens with zero attached hydrogens (tertiary/aromatic N) is 2. The molecule has 20 heavy (non-hydrogen) atoms. The average molecular weight is 275 g/mol. The van der Waals surface area contributed by atoms with Crippen LogP contribution < -0.4 is 5.73 Å². The van der Waals surface area contributed by atoms with E-state index in [-0.39, 0.29) is 11.9 Å². The molecule has 1 heterocycles. The predicted molar refractivity (Wildman–Crippen MR) is 81.1 cm³/mol. The van der Waals surface area contributed by atoms with E-state index in [0.29, 0.717) is 19.0 Å². The second-order valence-corrected chi connectivity index (χ2v) is 5.73. The van der Waals surface area contributed by atoms with Gasteiger partial charge < -0.3 is 10.6 Å². The van der Waals surface area contributed by atoms with Gasteiger partial charge in [-0.25, -0.2) is 0 Å². The molecule has 2 N–H and O–H groups in total. The molecule has 0 radical (unpaired) electrons. The van der Waals surface area contributed by atoms with Crippen molar-refractivity contribution in [1.82, 2.24) is 9.80 Å². The lowest BCUT2D eigenvalue weighted by atomic mass is 10.1. The maximum atomic E-state index is 12.4. The Morgan fingerprint density at radius 3 is 2.60 bits per heavy atom. The molecular formula is C16H25N3O. The molecule has 4 nitrogen and oxygen atoms in total. The van der Waals surface area contributed by atoms with Gasteiger partial charge >= 0.3 is 0 Å². The lowest BCUT2D eigenvalue weighted by Gasteiger charge is -2.24. The summed E-state index contributed by atoms with van der Waals surface area (Å²) in [7, 11) is 0. The molecule has 0 spiro atoms. The third kappa shape index (κ3) is 3.81. The van der Waals surface area contributed by atoms with Crippen LogP contribution >= 0.6 is 0 Å². The number of benzene rings is 1. The normalized spacial score (nSPS) is 22.9. The fraction of sp³-hybridized carbons (Fsp3) is 0.562. The summed E-state index contributed by atoms with van der Waals surface area (Å²) in [5.74, 6) is 0.671. The zero-order chi connectivity index (χ0) is 14.5. The zero-order valence-corrected chi connectivity index (χ0v) is 12.5. The summed E-state index contributed by atoms with van der Waals surface area (Å²) in [4.78, 5) is 16.5. The maximum Gasteiger partial charge on any atom is 0.237 e. The van der Waals surface area contributed by atoms with E-state index in [0.717, 1.165) is 19.6 Å². The first-order chi connectivity index (χ1) is 9.60. The van der Waals surface area contributed by atoms with Crippen LogP contribution in [0.3, 0.4) is 0 Å². The molecule has 1 aromatic rings. The molecule has 0 bridgehead atoms. The molecule has 1 saturated heterocycles. The van der Waals surface area contributed by atoms with Crippen LogP contribution in [0.1, 0.15) is 19.4 Å². The largest absolute Gasteiger partial charge is 0.338 e. The van der Waals surface area contributed by atoms with Crippen LogP contribution in [-0.2, 0) is 11.3 Å². The molecule has 4 heteroatoms. The standard InChI is InChI=1S/C16H25N3O/c1-3-19(10-14-7-5-4-6-8-14)16(20)12-18-9-13(2)15(17)11-18/h4-8,13,15H,3,9-12,17H2,1-2H3. The Morgan fingerprint density at radius 1 is 1.35 bits per heavy atom. The first kappa shape index (κ1) is 15.0. The monoisotopic (exact) mass is 275 g/mol. The Morgan fingerprint density at radius 2 is 2.05 bits per heavy atom.